The molecule has 0 radical (unpaired) electrons. The summed E-state index contributed by atoms with van der Waals surface area (Å²) in [5.74, 6) is 1.02. The predicted octanol–water partition coefficient (Wildman–Crippen LogP) is 1.08. The van der Waals surface area contributed by atoms with Crippen molar-refractivity contribution in [3.8, 4) is 0 Å². The molecule has 0 fully saturated rings. The van der Waals surface area contributed by atoms with Gasteiger partial charge in [-0.2, -0.15) is 0 Å². The third kappa shape index (κ3) is 0.876. The molecule has 1 aliphatic rings. The first-order valence-corrected chi connectivity index (χ1v) is 4.01. The molecule has 0 bridgehead atoms. The normalized spacial score (nSPS) is 16.9. The van der Waals surface area contributed by atoms with Gasteiger partial charge in [-0.3, -0.25) is 0 Å². The van der Waals surface area contributed by atoms with Crippen molar-refractivity contribution in [2.45, 2.75) is 13.0 Å². The highest BCUT2D eigenvalue weighted by Gasteiger charge is 2.16. The summed E-state index contributed by atoms with van der Waals surface area (Å²) in [6.45, 7) is 1.87. The predicted molar refractivity (Wildman–Crippen MR) is 39.6 cm³/mol. The molecule has 0 aliphatic carbocycles. The van der Waals surface area contributed by atoms with Crippen molar-refractivity contribution < 1.29 is 4.52 Å². The van der Waals surface area contributed by atoms with E-state index in [4.69, 9.17) is 4.52 Å². The van der Waals surface area contributed by atoms with Crippen molar-refractivity contribution in [3.63, 3.8) is 0 Å². The van der Waals surface area contributed by atoms with Gasteiger partial charge in [0.1, 0.15) is 5.76 Å². The van der Waals surface area contributed by atoms with Gasteiger partial charge in [0.2, 0.25) is 0 Å². The molecule has 54 valence electrons. The molecule has 0 atom stereocenters. The number of rotatable bonds is 0. The number of fused-ring (bicyclic) bond motifs is 1. The molecule has 0 unspecified atom stereocenters. The molecule has 1 N–H and O–H groups in total. The SMILES string of the molecule is Brc1noc2c1CNCC2. The first kappa shape index (κ1) is 6.37. The molecule has 0 amide bonds. The lowest BCUT2D eigenvalue weighted by Crippen LogP contribution is -2.22. The van der Waals surface area contributed by atoms with Gasteiger partial charge in [-0.05, 0) is 15.9 Å². The van der Waals surface area contributed by atoms with Crippen molar-refractivity contribution in [1.29, 1.82) is 0 Å². The Kier molecular flexibility index (Phi) is 1.50. The summed E-state index contributed by atoms with van der Waals surface area (Å²) in [6.07, 6.45) is 0.952. The maximum atomic E-state index is 5.05. The number of nitrogens with zero attached hydrogens (tertiary/aromatic N) is 1. The molecule has 10 heavy (non-hydrogen) atoms. The Morgan fingerprint density at radius 1 is 1.60 bits per heavy atom. The zero-order valence-corrected chi connectivity index (χ0v) is 6.94. The summed E-state index contributed by atoms with van der Waals surface area (Å²) >= 11 is 3.31. The standard InChI is InChI=1S/C6H7BrN2O/c7-6-4-3-8-2-1-5(4)10-9-6/h8H,1-3H2. The Morgan fingerprint density at radius 2 is 2.50 bits per heavy atom. The topological polar surface area (TPSA) is 38.1 Å². The molecule has 2 heterocycles. The number of hydrogen-bond acceptors (Lipinski definition) is 3. The molecule has 1 aliphatic heterocycles. The van der Waals surface area contributed by atoms with E-state index in [1.807, 2.05) is 0 Å². The van der Waals surface area contributed by atoms with E-state index in [-0.39, 0.29) is 0 Å². The van der Waals surface area contributed by atoms with Crippen LogP contribution in [0.4, 0.5) is 0 Å². The molecular weight excluding hydrogens is 196 g/mol. The van der Waals surface area contributed by atoms with Gasteiger partial charge < -0.3 is 9.84 Å². The highest BCUT2D eigenvalue weighted by atomic mass is 79.9. The summed E-state index contributed by atoms with van der Waals surface area (Å²) in [7, 11) is 0. The molecule has 0 saturated heterocycles. The highest BCUT2D eigenvalue weighted by molar-refractivity contribution is 9.10. The Bertz CT molecular complexity index is 246. The average Bonchev–Trinajstić information content (AvgIpc) is 2.34. The zero-order valence-electron chi connectivity index (χ0n) is 5.35. The summed E-state index contributed by atoms with van der Waals surface area (Å²) in [5.41, 5.74) is 1.17. The van der Waals surface area contributed by atoms with Crippen LogP contribution in [0, 0.1) is 0 Å². The van der Waals surface area contributed by atoms with E-state index < -0.39 is 0 Å². The third-order valence-corrected chi connectivity index (χ3v) is 2.28. The Balaban J connectivity index is 2.45. The second-order valence-electron chi connectivity index (χ2n) is 2.30. The van der Waals surface area contributed by atoms with Crippen molar-refractivity contribution in [2.24, 2.45) is 0 Å². The van der Waals surface area contributed by atoms with Gasteiger partial charge in [-0.25, -0.2) is 0 Å². The van der Waals surface area contributed by atoms with E-state index in [0.717, 1.165) is 29.9 Å². The minimum absolute atomic E-state index is 0.842. The number of aromatic nitrogens is 1. The lowest BCUT2D eigenvalue weighted by Gasteiger charge is -2.08. The fourth-order valence-electron chi connectivity index (χ4n) is 1.10. The molecule has 2 rings (SSSR count). The van der Waals surface area contributed by atoms with Gasteiger partial charge in [-0.15, -0.1) is 0 Å². The fraction of sp³-hybridized carbons (Fsp3) is 0.500. The van der Waals surface area contributed by atoms with Crippen LogP contribution in [0.5, 0.6) is 0 Å². The summed E-state index contributed by atoms with van der Waals surface area (Å²) in [6, 6.07) is 0. The number of halogens is 1. The van der Waals surface area contributed by atoms with E-state index in [0.29, 0.717) is 0 Å². The van der Waals surface area contributed by atoms with Crippen LogP contribution in [0.2, 0.25) is 0 Å². The fourth-order valence-corrected chi connectivity index (χ4v) is 1.54. The van der Waals surface area contributed by atoms with Crippen LogP contribution in [-0.4, -0.2) is 11.7 Å². The maximum Gasteiger partial charge on any atom is 0.153 e. The molecule has 0 saturated carbocycles. The molecule has 3 nitrogen and oxygen atoms in total. The van der Waals surface area contributed by atoms with Crippen LogP contribution < -0.4 is 5.32 Å². The van der Waals surface area contributed by atoms with Crippen LogP contribution in [0.1, 0.15) is 11.3 Å². The van der Waals surface area contributed by atoms with Crippen LogP contribution in [0.15, 0.2) is 9.13 Å². The van der Waals surface area contributed by atoms with Crippen molar-refractivity contribution >= 4 is 15.9 Å². The van der Waals surface area contributed by atoms with Crippen LogP contribution >= 0.6 is 15.9 Å². The van der Waals surface area contributed by atoms with Gasteiger partial charge in [-0.1, -0.05) is 5.16 Å². The van der Waals surface area contributed by atoms with Crippen molar-refractivity contribution in [2.75, 3.05) is 6.54 Å². The lowest BCUT2D eigenvalue weighted by atomic mass is 10.1. The first-order valence-electron chi connectivity index (χ1n) is 3.21. The summed E-state index contributed by atoms with van der Waals surface area (Å²) in [4.78, 5) is 0. The van der Waals surface area contributed by atoms with Crippen molar-refractivity contribution in [3.05, 3.63) is 15.9 Å². The Morgan fingerprint density at radius 3 is 3.30 bits per heavy atom. The highest BCUT2D eigenvalue weighted by Crippen LogP contribution is 2.21. The van der Waals surface area contributed by atoms with Crippen LogP contribution in [0.3, 0.4) is 0 Å². The van der Waals surface area contributed by atoms with Crippen LogP contribution in [-0.2, 0) is 13.0 Å². The lowest BCUT2D eigenvalue weighted by molar-refractivity contribution is 0.370. The smallest absolute Gasteiger partial charge is 0.153 e. The second kappa shape index (κ2) is 2.36. The summed E-state index contributed by atoms with van der Waals surface area (Å²) < 4.78 is 5.89. The minimum Gasteiger partial charge on any atom is -0.360 e. The molecule has 4 heteroatoms. The number of hydrogen-bond donors (Lipinski definition) is 1. The number of nitrogens with one attached hydrogen (secondary N) is 1. The van der Waals surface area contributed by atoms with E-state index >= 15 is 0 Å². The van der Waals surface area contributed by atoms with Gasteiger partial charge in [0.25, 0.3) is 0 Å². The Hall–Kier alpha value is -0.350. The molecule has 1 aromatic rings. The Labute approximate surface area is 66.9 Å². The summed E-state index contributed by atoms with van der Waals surface area (Å²) in [5, 5.41) is 7.04. The van der Waals surface area contributed by atoms with E-state index in [9.17, 15) is 0 Å². The van der Waals surface area contributed by atoms with Gasteiger partial charge in [0.05, 0.1) is 0 Å². The monoisotopic (exact) mass is 202 g/mol. The first-order chi connectivity index (χ1) is 4.88. The largest absolute Gasteiger partial charge is 0.360 e. The quantitative estimate of drug-likeness (QED) is 0.685. The molecule has 1 aromatic heterocycles. The molecule has 0 aromatic carbocycles. The van der Waals surface area contributed by atoms with E-state index in [2.05, 4.69) is 26.4 Å². The minimum atomic E-state index is 0.842. The van der Waals surface area contributed by atoms with Gasteiger partial charge in [0, 0.05) is 25.1 Å². The molecular formula is C6H7BrN2O. The van der Waals surface area contributed by atoms with Crippen LogP contribution in [0.25, 0.3) is 0 Å². The van der Waals surface area contributed by atoms with E-state index in [1.54, 1.807) is 0 Å². The van der Waals surface area contributed by atoms with Gasteiger partial charge >= 0.3 is 0 Å². The van der Waals surface area contributed by atoms with Gasteiger partial charge in [0.15, 0.2) is 4.60 Å². The maximum absolute atomic E-state index is 5.05. The third-order valence-electron chi connectivity index (χ3n) is 1.65. The second-order valence-corrected chi connectivity index (χ2v) is 3.05. The molecule has 0 spiro atoms. The van der Waals surface area contributed by atoms with Crippen molar-refractivity contribution in [1.82, 2.24) is 10.5 Å². The zero-order chi connectivity index (χ0) is 6.97. The van der Waals surface area contributed by atoms with E-state index in [1.165, 1.54) is 5.56 Å². The average molecular weight is 203 g/mol.